The molecule has 0 radical (unpaired) electrons. The molecule has 0 aromatic heterocycles. The van der Waals surface area contributed by atoms with Gasteiger partial charge >= 0.3 is 0 Å². The lowest BCUT2D eigenvalue weighted by Crippen LogP contribution is -2.27. The van der Waals surface area contributed by atoms with E-state index in [4.69, 9.17) is 0 Å². The Morgan fingerprint density at radius 2 is 2.17 bits per heavy atom. The first kappa shape index (κ1) is 18.6. The van der Waals surface area contributed by atoms with Crippen molar-refractivity contribution in [1.82, 2.24) is 0 Å². The van der Waals surface area contributed by atoms with Crippen LogP contribution in [0.3, 0.4) is 0 Å². The molecular formula is C21H28O3. The molecule has 0 aromatic rings. The summed E-state index contributed by atoms with van der Waals surface area (Å²) < 4.78 is 0. The van der Waals surface area contributed by atoms with Crippen molar-refractivity contribution in [2.24, 2.45) is 17.3 Å². The lowest BCUT2D eigenvalue weighted by atomic mass is 9.75. The van der Waals surface area contributed by atoms with Crippen LogP contribution in [0.1, 0.15) is 46.5 Å². The number of hydrogen-bond donors (Lipinski definition) is 1. The smallest absolute Gasteiger partial charge is 0.146 e. The number of allylic oxidation sites excluding steroid dienone is 6. The lowest BCUT2D eigenvalue weighted by Gasteiger charge is -2.27. The van der Waals surface area contributed by atoms with Gasteiger partial charge in [0, 0.05) is 18.3 Å². The molecule has 0 spiro atoms. The van der Waals surface area contributed by atoms with Gasteiger partial charge in [0.05, 0.1) is 5.60 Å². The number of fused-ring (bicyclic) bond motifs is 3. The standard InChI is InChI=1S/C21H28O3/c1-15-7-5-11-21(4)12-9-17(19(15)18(23)13-21)16(14-22)8-6-10-20(2,3)24/h5-6,8,10-11,14,17,19,24H,1,7,9,12-13H2,2-4H3/b10-6+,11-5?,16-8+/t17-,19+,21?/m1/s1. The predicted molar refractivity (Wildman–Crippen MR) is 96.4 cm³/mol. The first-order valence-corrected chi connectivity index (χ1v) is 8.60. The summed E-state index contributed by atoms with van der Waals surface area (Å²) in [5.74, 6) is -0.229. The molecule has 3 nitrogen and oxygen atoms in total. The second-order valence-corrected chi connectivity index (χ2v) is 7.98. The minimum absolute atomic E-state index is 0.123. The van der Waals surface area contributed by atoms with E-state index in [2.05, 4.69) is 25.7 Å². The molecule has 1 N–H and O–H groups in total. The van der Waals surface area contributed by atoms with Crippen molar-refractivity contribution in [3.8, 4) is 0 Å². The fourth-order valence-electron chi connectivity index (χ4n) is 3.75. The Bertz CT molecular complexity index is 615. The maximum atomic E-state index is 12.8. The van der Waals surface area contributed by atoms with E-state index in [1.807, 2.05) is 0 Å². The Morgan fingerprint density at radius 1 is 1.46 bits per heavy atom. The monoisotopic (exact) mass is 328 g/mol. The van der Waals surface area contributed by atoms with Crippen LogP contribution in [0.5, 0.6) is 0 Å². The van der Waals surface area contributed by atoms with Gasteiger partial charge in [0.2, 0.25) is 0 Å². The molecule has 2 bridgehead atoms. The number of rotatable bonds is 4. The van der Waals surface area contributed by atoms with Gasteiger partial charge in [0.1, 0.15) is 12.1 Å². The Morgan fingerprint density at radius 3 is 2.79 bits per heavy atom. The molecule has 1 unspecified atom stereocenters. The largest absolute Gasteiger partial charge is 0.386 e. The van der Waals surface area contributed by atoms with Gasteiger partial charge in [-0.25, -0.2) is 0 Å². The summed E-state index contributed by atoms with van der Waals surface area (Å²) in [7, 11) is 0. The summed E-state index contributed by atoms with van der Waals surface area (Å²) in [4.78, 5) is 24.5. The molecule has 1 saturated carbocycles. The maximum absolute atomic E-state index is 12.8. The van der Waals surface area contributed by atoms with Crippen LogP contribution in [0.25, 0.3) is 0 Å². The van der Waals surface area contributed by atoms with Gasteiger partial charge in [-0.1, -0.05) is 49.5 Å². The molecular weight excluding hydrogens is 300 g/mol. The fourth-order valence-corrected chi connectivity index (χ4v) is 3.75. The molecule has 130 valence electrons. The first-order chi connectivity index (χ1) is 11.2. The lowest BCUT2D eigenvalue weighted by molar-refractivity contribution is -0.123. The molecule has 0 aromatic carbocycles. The number of Topliss-reactive ketones (excluding diaryl/α,β-unsaturated/α-hetero) is 1. The van der Waals surface area contributed by atoms with Crippen LogP contribution in [0, 0.1) is 17.3 Å². The number of aldehydes is 1. The summed E-state index contributed by atoms with van der Waals surface area (Å²) in [5.41, 5.74) is 0.449. The molecule has 24 heavy (non-hydrogen) atoms. The van der Waals surface area contributed by atoms with Gasteiger partial charge in [-0.15, -0.1) is 0 Å². The molecule has 0 aliphatic heterocycles. The highest BCUT2D eigenvalue weighted by Gasteiger charge is 2.41. The molecule has 3 atom stereocenters. The van der Waals surface area contributed by atoms with Gasteiger partial charge in [-0.3, -0.25) is 9.59 Å². The van der Waals surface area contributed by atoms with Crippen LogP contribution < -0.4 is 0 Å². The second-order valence-electron chi connectivity index (χ2n) is 7.98. The third-order valence-electron chi connectivity index (χ3n) is 5.05. The van der Waals surface area contributed by atoms with Gasteiger partial charge in [0.25, 0.3) is 0 Å². The zero-order valence-corrected chi connectivity index (χ0v) is 14.9. The van der Waals surface area contributed by atoms with Crippen molar-refractivity contribution in [2.75, 3.05) is 0 Å². The third-order valence-corrected chi connectivity index (χ3v) is 5.05. The van der Waals surface area contributed by atoms with E-state index >= 15 is 0 Å². The molecule has 2 aliphatic carbocycles. The van der Waals surface area contributed by atoms with Crippen LogP contribution in [-0.2, 0) is 9.59 Å². The normalized spacial score (nSPS) is 31.9. The quantitative estimate of drug-likeness (QED) is 0.368. The van der Waals surface area contributed by atoms with Crippen LogP contribution in [-0.4, -0.2) is 22.8 Å². The molecule has 1 fully saturated rings. The summed E-state index contributed by atoms with van der Waals surface area (Å²) in [6.07, 6.45) is 13.1. The van der Waals surface area contributed by atoms with E-state index in [0.29, 0.717) is 18.4 Å². The van der Waals surface area contributed by atoms with E-state index < -0.39 is 5.60 Å². The van der Waals surface area contributed by atoms with E-state index in [-0.39, 0.29) is 23.0 Å². The number of ketones is 1. The van der Waals surface area contributed by atoms with Gasteiger partial charge in [-0.05, 0) is 44.1 Å². The highest BCUT2D eigenvalue weighted by Crippen LogP contribution is 2.45. The predicted octanol–water partition coefficient (Wildman–Crippen LogP) is 3.95. The van der Waals surface area contributed by atoms with E-state index in [9.17, 15) is 14.7 Å². The number of carbonyl (C=O) groups excluding carboxylic acids is 2. The first-order valence-electron chi connectivity index (χ1n) is 8.60. The molecule has 2 aliphatic rings. The van der Waals surface area contributed by atoms with Crippen LogP contribution in [0.15, 0.2) is 48.1 Å². The average Bonchev–Trinajstić information content (AvgIpc) is 2.54. The van der Waals surface area contributed by atoms with E-state index in [1.54, 1.807) is 32.1 Å². The van der Waals surface area contributed by atoms with Crippen LogP contribution in [0.2, 0.25) is 0 Å². The molecule has 2 rings (SSSR count). The van der Waals surface area contributed by atoms with Crippen molar-refractivity contribution in [3.63, 3.8) is 0 Å². The topological polar surface area (TPSA) is 54.4 Å². The number of hydrogen-bond acceptors (Lipinski definition) is 3. The molecule has 0 saturated heterocycles. The molecule has 3 heteroatoms. The Hall–Kier alpha value is -1.74. The minimum Gasteiger partial charge on any atom is -0.386 e. The number of carbonyl (C=O) groups is 2. The second kappa shape index (κ2) is 7.02. The third kappa shape index (κ3) is 4.41. The SMILES string of the molecule is C=C1CC=CC2(C)CC[C@H](/C(C=O)=C/C=C/C(C)(C)O)[C@H]1C(=O)C2. The molecule has 0 heterocycles. The van der Waals surface area contributed by atoms with Crippen LogP contribution in [0.4, 0.5) is 0 Å². The van der Waals surface area contributed by atoms with Gasteiger partial charge in [0.15, 0.2) is 0 Å². The molecule has 0 amide bonds. The summed E-state index contributed by atoms with van der Waals surface area (Å²) in [6, 6.07) is 0. The number of aliphatic hydroxyl groups is 1. The van der Waals surface area contributed by atoms with Crippen molar-refractivity contribution in [2.45, 2.75) is 52.1 Å². The van der Waals surface area contributed by atoms with Crippen molar-refractivity contribution in [3.05, 3.63) is 48.1 Å². The van der Waals surface area contributed by atoms with E-state index in [0.717, 1.165) is 24.7 Å². The average molecular weight is 328 g/mol. The Labute approximate surface area is 144 Å². The van der Waals surface area contributed by atoms with Gasteiger partial charge in [-0.2, -0.15) is 0 Å². The maximum Gasteiger partial charge on any atom is 0.146 e. The van der Waals surface area contributed by atoms with Crippen molar-refractivity contribution >= 4 is 12.1 Å². The Kier molecular flexibility index (Phi) is 5.44. The van der Waals surface area contributed by atoms with Crippen molar-refractivity contribution in [1.29, 1.82) is 0 Å². The zero-order valence-electron chi connectivity index (χ0n) is 14.9. The fraction of sp³-hybridized carbons (Fsp3) is 0.524. The van der Waals surface area contributed by atoms with E-state index in [1.165, 1.54) is 0 Å². The summed E-state index contributed by atoms with van der Waals surface area (Å²) in [5, 5.41) is 9.77. The summed E-state index contributed by atoms with van der Waals surface area (Å²) in [6.45, 7) is 9.60. The van der Waals surface area contributed by atoms with Gasteiger partial charge < -0.3 is 5.11 Å². The minimum atomic E-state index is -0.932. The van der Waals surface area contributed by atoms with Crippen LogP contribution >= 0.6 is 0 Å². The summed E-state index contributed by atoms with van der Waals surface area (Å²) >= 11 is 0. The highest BCUT2D eigenvalue weighted by atomic mass is 16.3. The zero-order chi connectivity index (χ0) is 18.0. The highest BCUT2D eigenvalue weighted by molar-refractivity contribution is 5.88. The Balaban J connectivity index is 2.39. The van der Waals surface area contributed by atoms with Crippen molar-refractivity contribution < 1.29 is 14.7 Å².